The number of aromatic nitrogens is 2. The first kappa shape index (κ1) is 18.4. The van der Waals surface area contributed by atoms with Gasteiger partial charge in [-0.15, -0.1) is 0 Å². The molecule has 3 heterocycles. The van der Waals surface area contributed by atoms with Crippen molar-refractivity contribution in [2.24, 2.45) is 0 Å². The molecule has 5 heteroatoms. The van der Waals surface area contributed by atoms with Gasteiger partial charge < -0.3 is 9.32 Å². The molecule has 28 heavy (non-hydrogen) atoms. The van der Waals surface area contributed by atoms with Crippen LogP contribution in [0.15, 0.2) is 53.3 Å². The Morgan fingerprint density at radius 1 is 1.18 bits per heavy atom. The molecule has 0 aliphatic carbocycles. The zero-order valence-corrected chi connectivity index (χ0v) is 16.4. The molecule has 0 radical (unpaired) electrons. The fraction of sp³-hybridized carbons (Fsp3) is 0.348. The lowest BCUT2D eigenvalue weighted by Crippen LogP contribution is -2.30. The maximum Gasteiger partial charge on any atom is 0.223 e. The van der Waals surface area contributed by atoms with Gasteiger partial charge in [0.1, 0.15) is 0 Å². The second-order valence-corrected chi connectivity index (χ2v) is 7.44. The van der Waals surface area contributed by atoms with Crippen LogP contribution in [0.2, 0.25) is 0 Å². The molecule has 0 saturated carbocycles. The molecular weight excluding hydrogens is 350 g/mol. The normalized spacial score (nSPS) is 16.5. The third kappa shape index (κ3) is 3.84. The summed E-state index contributed by atoms with van der Waals surface area (Å²) < 4.78 is 5.90. The van der Waals surface area contributed by atoms with Crippen LogP contribution < -0.4 is 0 Å². The minimum absolute atomic E-state index is 0.158. The number of carbonyl (C=O) groups is 1. The fourth-order valence-corrected chi connectivity index (χ4v) is 3.81. The molecular formula is C23H25N3O2. The van der Waals surface area contributed by atoms with Crippen LogP contribution in [0.1, 0.15) is 47.9 Å². The summed E-state index contributed by atoms with van der Waals surface area (Å²) in [5.74, 6) is 1.52. The van der Waals surface area contributed by atoms with E-state index >= 15 is 0 Å². The quantitative estimate of drug-likeness (QED) is 0.651. The van der Waals surface area contributed by atoms with E-state index in [1.54, 1.807) is 18.6 Å². The van der Waals surface area contributed by atoms with Crippen LogP contribution in [0.3, 0.4) is 0 Å². The second-order valence-electron chi connectivity index (χ2n) is 7.44. The predicted octanol–water partition coefficient (Wildman–Crippen LogP) is 4.65. The van der Waals surface area contributed by atoms with Gasteiger partial charge in [-0.1, -0.05) is 12.1 Å². The number of hydrogen-bond acceptors (Lipinski definition) is 4. The highest BCUT2D eigenvalue weighted by Gasteiger charge is 2.29. The number of hydrogen-bond donors (Lipinski definition) is 0. The standard InChI is InChI=1S/C23H25N3O2/c1-16-5-6-19(14-17(16)2)21-15-25-22(28-21)7-8-23(27)26-13-3-4-20(26)18-9-11-24-12-10-18/h5-6,9-12,14-15,20H,3-4,7-8,13H2,1-2H3/t20-/m0/s1. The number of rotatable bonds is 5. The molecule has 0 N–H and O–H groups in total. The van der Waals surface area contributed by atoms with E-state index < -0.39 is 0 Å². The van der Waals surface area contributed by atoms with Gasteiger partial charge in [-0.25, -0.2) is 4.98 Å². The Morgan fingerprint density at radius 3 is 2.79 bits per heavy atom. The maximum absolute atomic E-state index is 12.8. The topological polar surface area (TPSA) is 59.2 Å². The molecule has 1 fully saturated rings. The van der Waals surface area contributed by atoms with Gasteiger partial charge in [-0.2, -0.15) is 0 Å². The lowest BCUT2D eigenvalue weighted by atomic mass is 10.1. The summed E-state index contributed by atoms with van der Waals surface area (Å²) >= 11 is 0. The first-order valence-corrected chi connectivity index (χ1v) is 9.83. The van der Waals surface area contributed by atoms with Gasteiger partial charge in [0.15, 0.2) is 11.7 Å². The van der Waals surface area contributed by atoms with Gasteiger partial charge in [0.05, 0.1) is 12.2 Å². The molecule has 1 aliphatic heterocycles. The predicted molar refractivity (Wildman–Crippen MR) is 108 cm³/mol. The minimum atomic E-state index is 0.158. The Labute approximate surface area is 165 Å². The van der Waals surface area contributed by atoms with E-state index in [4.69, 9.17) is 4.42 Å². The average molecular weight is 375 g/mol. The molecule has 0 bridgehead atoms. The Hall–Kier alpha value is -2.95. The van der Waals surface area contributed by atoms with Crippen LogP contribution in [-0.2, 0) is 11.2 Å². The van der Waals surface area contributed by atoms with Crippen LogP contribution >= 0.6 is 0 Å². The first-order chi connectivity index (χ1) is 13.6. The zero-order valence-electron chi connectivity index (χ0n) is 16.4. The Bertz CT molecular complexity index is 965. The minimum Gasteiger partial charge on any atom is -0.441 e. The average Bonchev–Trinajstić information content (AvgIpc) is 3.39. The van der Waals surface area contributed by atoms with Gasteiger partial charge in [-0.3, -0.25) is 9.78 Å². The van der Waals surface area contributed by atoms with Crippen molar-refractivity contribution in [3.63, 3.8) is 0 Å². The van der Waals surface area contributed by atoms with Gasteiger partial charge >= 0.3 is 0 Å². The second kappa shape index (κ2) is 7.97. The number of nitrogens with zero attached hydrogens (tertiary/aromatic N) is 3. The molecule has 1 amide bonds. The summed E-state index contributed by atoms with van der Waals surface area (Å²) in [5, 5.41) is 0. The van der Waals surface area contributed by atoms with E-state index in [1.807, 2.05) is 23.1 Å². The number of amides is 1. The Kier molecular flexibility index (Phi) is 5.24. The third-order valence-corrected chi connectivity index (χ3v) is 5.56. The molecule has 0 spiro atoms. The SMILES string of the molecule is Cc1ccc(-c2cnc(CCC(=O)N3CCC[C@H]3c3ccncc3)o2)cc1C. The van der Waals surface area contributed by atoms with Gasteiger partial charge in [0.25, 0.3) is 0 Å². The van der Waals surface area contributed by atoms with Crippen LogP contribution in [0.4, 0.5) is 0 Å². The lowest BCUT2D eigenvalue weighted by Gasteiger charge is -2.24. The third-order valence-electron chi connectivity index (χ3n) is 5.56. The van der Waals surface area contributed by atoms with E-state index in [1.165, 1.54) is 11.1 Å². The number of aryl methyl sites for hydroxylation is 3. The fourth-order valence-electron chi connectivity index (χ4n) is 3.81. The summed E-state index contributed by atoms with van der Waals surface area (Å²) in [6, 6.07) is 10.4. The molecule has 1 aliphatic rings. The van der Waals surface area contributed by atoms with Crippen molar-refractivity contribution >= 4 is 5.91 Å². The van der Waals surface area contributed by atoms with Crippen molar-refractivity contribution in [2.75, 3.05) is 6.54 Å². The summed E-state index contributed by atoms with van der Waals surface area (Å²) in [6.07, 6.45) is 8.30. The van der Waals surface area contributed by atoms with Crippen molar-refractivity contribution in [3.8, 4) is 11.3 Å². The summed E-state index contributed by atoms with van der Waals surface area (Å²) in [6.45, 7) is 4.99. The smallest absolute Gasteiger partial charge is 0.223 e. The lowest BCUT2D eigenvalue weighted by molar-refractivity contribution is -0.132. The summed E-state index contributed by atoms with van der Waals surface area (Å²) in [5.41, 5.74) is 4.66. The largest absolute Gasteiger partial charge is 0.441 e. The van der Waals surface area contributed by atoms with Crippen molar-refractivity contribution < 1.29 is 9.21 Å². The highest BCUT2D eigenvalue weighted by Crippen LogP contribution is 2.32. The zero-order chi connectivity index (χ0) is 19.5. The van der Waals surface area contributed by atoms with Crippen LogP contribution in [0, 0.1) is 13.8 Å². The van der Waals surface area contributed by atoms with Crippen molar-refractivity contribution in [1.82, 2.24) is 14.9 Å². The molecule has 0 unspecified atom stereocenters. The molecule has 5 nitrogen and oxygen atoms in total. The van der Waals surface area contributed by atoms with E-state index in [0.29, 0.717) is 18.7 Å². The molecule has 1 aromatic carbocycles. The van der Waals surface area contributed by atoms with Gasteiger partial charge in [-0.05, 0) is 61.6 Å². The first-order valence-electron chi connectivity index (χ1n) is 9.83. The van der Waals surface area contributed by atoms with E-state index in [-0.39, 0.29) is 11.9 Å². The molecule has 4 rings (SSSR count). The van der Waals surface area contributed by atoms with Gasteiger partial charge in [0.2, 0.25) is 5.91 Å². The molecule has 3 aromatic rings. The van der Waals surface area contributed by atoms with Crippen molar-refractivity contribution in [2.45, 2.75) is 45.6 Å². The molecule has 2 aromatic heterocycles. The highest BCUT2D eigenvalue weighted by atomic mass is 16.4. The monoisotopic (exact) mass is 375 g/mol. The number of oxazole rings is 1. The van der Waals surface area contributed by atoms with Crippen molar-refractivity contribution in [1.29, 1.82) is 0 Å². The number of benzene rings is 1. The molecule has 1 atom stereocenters. The van der Waals surface area contributed by atoms with Crippen LogP contribution in [0.25, 0.3) is 11.3 Å². The highest BCUT2D eigenvalue weighted by molar-refractivity contribution is 5.77. The number of carbonyl (C=O) groups excluding carboxylic acids is 1. The van der Waals surface area contributed by atoms with Gasteiger partial charge in [0, 0.05) is 37.3 Å². The Balaban J connectivity index is 1.40. The number of pyridine rings is 1. The van der Waals surface area contributed by atoms with Crippen LogP contribution in [-0.4, -0.2) is 27.3 Å². The maximum atomic E-state index is 12.8. The van der Waals surface area contributed by atoms with Crippen LogP contribution in [0.5, 0.6) is 0 Å². The van der Waals surface area contributed by atoms with Crippen molar-refractivity contribution in [3.05, 3.63) is 71.5 Å². The Morgan fingerprint density at radius 2 is 2.00 bits per heavy atom. The molecule has 144 valence electrons. The van der Waals surface area contributed by atoms with E-state index in [0.717, 1.165) is 36.3 Å². The summed E-state index contributed by atoms with van der Waals surface area (Å²) in [4.78, 5) is 23.2. The van der Waals surface area contributed by atoms with E-state index in [2.05, 4.69) is 35.9 Å². The number of likely N-dealkylation sites (tertiary alicyclic amines) is 1. The van der Waals surface area contributed by atoms with E-state index in [9.17, 15) is 4.79 Å². The summed E-state index contributed by atoms with van der Waals surface area (Å²) in [7, 11) is 0. The molecule has 1 saturated heterocycles.